The van der Waals surface area contributed by atoms with Crippen molar-refractivity contribution >= 4 is 50.8 Å². The fourth-order valence-electron chi connectivity index (χ4n) is 2.04. The van der Waals surface area contributed by atoms with Crippen LogP contribution in [0.1, 0.15) is 25.3 Å². The van der Waals surface area contributed by atoms with Crippen LogP contribution in [0.5, 0.6) is 5.75 Å². The topological polar surface area (TPSA) is 50.7 Å². The third kappa shape index (κ3) is 6.34. The zero-order valence-corrected chi connectivity index (χ0v) is 16.7. The predicted molar refractivity (Wildman–Crippen MR) is 106 cm³/mol. The highest BCUT2D eigenvalue weighted by Gasteiger charge is 2.08. The lowest BCUT2D eigenvalue weighted by atomic mass is 10.1. The van der Waals surface area contributed by atoms with Gasteiger partial charge in [-0.25, -0.2) is 5.43 Å². The van der Waals surface area contributed by atoms with Crippen molar-refractivity contribution in [3.05, 3.63) is 62.5 Å². The van der Waals surface area contributed by atoms with E-state index < -0.39 is 0 Å². The summed E-state index contributed by atoms with van der Waals surface area (Å²) in [6.45, 7) is 1.87. The van der Waals surface area contributed by atoms with Crippen LogP contribution in [0.25, 0.3) is 0 Å². The van der Waals surface area contributed by atoms with Gasteiger partial charge in [0.2, 0.25) is 0 Å². The summed E-state index contributed by atoms with van der Waals surface area (Å²) in [6, 6.07) is 12.6. The smallest absolute Gasteiger partial charge is 0.277 e. The van der Waals surface area contributed by atoms with Crippen molar-refractivity contribution < 1.29 is 9.53 Å². The number of amides is 1. The van der Waals surface area contributed by atoms with E-state index in [9.17, 15) is 4.79 Å². The Hall–Kier alpha value is -1.56. The van der Waals surface area contributed by atoms with E-state index in [1.165, 1.54) is 0 Å². The minimum Gasteiger partial charge on any atom is -0.482 e. The van der Waals surface area contributed by atoms with Crippen molar-refractivity contribution in [2.24, 2.45) is 5.10 Å². The van der Waals surface area contributed by atoms with E-state index in [2.05, 4.69) is 33.4 Å². The molecule has 0 aromatic heterocycles. The van der Waals surface area contributed by atoms with Crippen molar-refractivity contribution in [3.63, 3.8) is 0 Å². The van der Waals surface area contributed by atoms with Gasteiger partial charge in [0.05, 0.1) is 10.7 Å². The Kier molecular flexibility index (Phi) is 7.75. The van der Waals surface area contributed by atoms with Crippen LogP contribution in [0.3, 0.4) is 0 Å². The van der Waals surface area contributed by atoms with Crippen molar-refractivity contribution in [3.8, 4) is 5.75 Å². The van der Waals surface area contributed by atoms with Crippen LogP contribution < -0.4 is 10.2 Å². The Morgan fingerprint density at radius 3 is 2.56 bits per heavy atom. The van der Waals surface area contributed by atoms with E-state index in [0.717, 1.165) is 28.6 Å². The largest absolute Gasteiger partial charge is 0.482 e. The summed E-state index contributed by atoms with van der Waals surface area (Å²) in [5.74, 6) is 0.0311. The first-order valence-electron chi connectivity index (χ1n) is 7.68. The molecule has 0 saturated carbocycles. The summed E-state index contributed by atoms with van der Waals surface area (Å²) in [4.78, 5) is 12.0. The Balaban J connectivity index is 1.97. The highest BCUT2D eigenvalue weighted by atomic mass is 79.9. The zero-order valence-electron chi connectivity index (χ0n) is 13.6. The molecule has 1 N–H and O–H groups in total. The number of benzene rings is 2. The van der Waals surface area contributed by atoms with Crippen LogP contribution >= 0.6 is 39.1 Å². The molecule has 0 fully saturated rings. The maximum atomic E-state index is 12.0. The fraction of sp³-hybridized carbons (Fsp3) is 0.222. The molecule has 7 heteroatoms. The lowest BCUT2D eigenvalue weighted by Crippen LogP contribution is -2.26. The van der Waals surface area contributed by atoms with Gasteiger partial charge in [-0.05, 0) is 42.3 Å². The van der Waals surface area contributed by atoms with Crippen molar-refractivity contribution in [2.75, 3.05) is 6.61 Å². The van der Waals surface area contributed by atoms with Crippen molar-refractivity contribution in [1.29, 1.82) is 0 Å². The molecular formula is C18H17BrCl2N2O2. The molecule has 132 valence electrons. The number of hydrogen-bond donors (Lipinski definition) is 1. The number of ether oxygens (including phenoxy) is 1. The first-order chi connectivity index (χ1) is 12.0. The van der Waals surface area contributed by atoms with Crippen LogP contribution in [-0.2, 0) is 4.79 Å². The maximum Gasteiger partial charge on any atom is 0.277 e. The number of hydrogen-bond acceptors (Lipinski definition) is 3. The predicted octanol–water partition coefficient (Wildman–Crippen LogP) is 5.46. The summed E-state index contributed by atoms with van der Waals surface area (Å²) in [7, 11) is 0. The number of carbonyl (C=O) groups excluding carboxylic acids is 1. The molecule has 0 atom stereocenters. The molecule has 0 radical (unpaired) electrons. The molecule has 1 amide bonds. The van der Waals surface area contributed by atoms with E-state index in [0.29, 0.717) is 15.8 Å². The molecule has 0 aliphatic carbocycles. The van der Waals surface area contributed by atoms with Gasteiger partial charge in [0, 0.05) is 9.50 Å². The monoisotopic (exact) mass is 442 g/mol. The third-order valence-corrected chi connectivity index (χ3v) is 4.29. The molecule has 0 aliphatic rings. The maximum absolute atomic E-state index is 12.0. The molecule has 0 saturated heterocycles. The first-order valence-corrected chi connectivity index (χ1v) is 9.23. The highest BCUT2D eigenvalue weighted by molar-refractivity contribution is 9.10. The van der Waals surface area contributed by atoms with Gasteiger partial charge in [0.15, 0.2) is 6.61 Å². The number of nitrogens with zero attached hydrogens (tertiary/aromatic N) is 1. The van der Waals surface area contributed by atoms with Crippen molar-refractivity contribution in [2.45, 2.75) is 19.8 Å². The van der Waals surface area contributed by atoms with E-state index in [-0.39, 0.29) is 12.5 Å². The lowest BCUT2D eigenvalue weighted by Gasteiger charge is -2.09. The highest BCUT2D eigenvalue weighted by Crippen LogP contribution is 2.27. The van der Waals surface area contributed by atoms with Gasteiger partial charge in [0.25, 0.3) is 5.91 Å². The van der Waals surface area contributed by atoms with Gasteiger partial charge in [-0.1, -0.05) is 64.6 Å². The third-order valence-electron chi connectivity index (χ3n) is 3.23. The Morgan fingerprint density at radius 1 is 1.20 bits per heavy atom. The van der Waals surface area contributed by atoms with E-state index in [1.54, 1.807) is 18.2 Å². The standard InChI is InChI=1S/C18H17BrCl2N2O2/c1-2-3-16(12-4-6-13(19)7-5-12)22-23-18(24)11-25-17-9-8-14(20)10-15(17)21/h4-10H,2-3,11H2,1H3,(H,23,24). The van der Waals surface area contributed by atoms with Gasteiger partial charge < -0.3 is 4.74 Å². The second kappa shape index (κ2) is 9.80. The van der Waals surface area contributed by atoms with E-state index >= 15 is 0 Å². The lowest BCUT2D eigenvalue weighted by molar-refractivity contribution is -0.123. The molecule has 4 nitrogen and oxygen atoms in total. The number of hydrazone groups is 1. The summed E-state index contributed by atoms with van der Waals surface area (Å²) in [5, 5.41) is 5.09. The number of carbonyl (C=O) groups is 1. The van der Waals surface area contributed by atoms with E-state index in [4.69, 9.17) is 27.9 Å². The molecular weight excluding hydrogens is 427 g/mol. The average molecular weight is 444 g/mol. The summed E-state index contributed by atoms with van der Waals surface area (Å²) in [6.07, 6.45) is 1.67. The van der Waals surface area contributed by atoms with Gasteiger partial charge >= 0.3 is 0 Å². The van der Waals surface area contributed by atoms with Gasteiger partial charge in [-0.15, -0.1) is 0 Å². The summed E-state index contributed by atoms with van der Waals surface area (Å²) < 4.78 is 6.38. The average Bonchev–Trinajstić information content (AvgIpc) is 2.58. The molecule has 2 aromatic rings. The molecule has 0 spiro atoms. The van der Waals surface area contributed by atoms with Crippen LogP contribution in [-0.4, -0.2) is 18.2 Å². The Bertz CT molecular complexity index is 764. The number of nitrogens with one attached hydrogen (secondary N) is 1. The first kappa shape index (κ1) is 19.8. The second-order valence-electron chi connectivity index (χ2n) is 5.21. The SMILES string of the molecule is CCCC(=NNC(=O)COc1ccc(Cl)cc1Cl)c1ccc(Br)cc1. The quantitative estimate of drug-likeness (QED) is 0.456. The molecule has 0 aliphatic heterocycles. The Morgan fingerprint density at radius 2 is 1.92 bits per heavy atom. The molecule has 0 bridgehead atoms. The number of rotatable bonds is 7. The minimum absolute atomic E-state index is 0.190. The van der Waals surface area contributed by atoms with Crippen molar-refractivity contribution in [1.82, 2.24) is 5.43 Å². The van der Waals surface area contributed by atoms with Crippen LogP contribution in [0.4, 0.5) is 0 Å². The normalized spacial score (nSPS) is 11.3. The molecule has 2 aromatic carbocycles. The molecule has 2 rings (SSSR count). The molecule has 0 heterocycles. The molecule has 0 unspecified atom stereocenters. The number of halogens is 3. The molecule has 25 heavy (non-hydrogen) atoms. The second-order valence-corrected chi connectivity index (χ2v) is 6.97. The van der Waals surface area contributed by atoms with Crippen LogP contribution in [0.15, 0.2) is 52.0 Å². The van der Waals surface area contributed by atoms with E-state index in [1.807, 2.05) is 24.3 Å². The van der Waals surface area contributed by atoms with Gasteiger partial charge in [-0.2, -0.15) is 5.10 Å². The van der Waals surface area contributed by atoms with Gasteiger partial charge in [-0.3, -0.25) is 4.79 Å². The zero-order chi connectivity index (χ0) is 18.2. The van der Waals surface area contributed by atoms with Gasteiger partial charge in [0.1, 0.15) is 5.75 Å². The Labute approximate surface area is 165 Å². The summed E-state index contributed by atoms with van der Waals surface area (Å²) >= 11 is 15.2. The minimum atomic E-state index is -0.364. The van der Waals surface area contributed by atoms with Crippen LogP contribution in [0, 0.1) is 0 Å². The van der Waals surface area contributed by atoms with Crippen LogP contribution in [0.2, 0.25) is 10.0 Å². The summed E-state index contributed by atoms with van der Waals surface area (Å²) in [5.41, 5.74) is 4.30. The fourth-order valence-corrected chi connectivity index (χ4v) is 2.77.